The van der Waals surface area contributed by atoms with E-state index in [0.717, 1.165) is 6.42 Å². The molecule has 1 amide bonds. The fraction of sp³-hybridized carbons (Fsp3) is 0.462. The third kappa shape index (κ3) is 4.63. The highest BCUT2D eigenvalue weighted by atomic mass is 16.5. The van der Waals surface area contributed by atoms with Crippen LogP contribution in [0.15, 0.2) is 24.3 Å². The van der Waals surface area contributed by atoms with Gasteiger partial charge in [-0.05, 0) is 25.0 Å². The number of hydrogen-bond donors (Lipinski definition) is 3. The number of benzene rings is 1. The van der Waals surface area contributed by atoms with Crippen molar-refractivity contribution in [3.8, 4) is 5.75 Å². The maximum Gasteiger partial charge on any atom is 0.258 e. The SMILES string of the molecule is CCC(CCO)NC(=O)COc1ccccc1N. The van der Waals surface area contributed by atoms with Crippen molar-refractivity contribution in [2.45, 2.75) is 25.8 Å². The molecule has 1 aromatic rings. The van der Waals surface area contributed by atoms with E-state index in [-0.39, 0.29) is 25.2 Å². The zero-order valence-corrected chi connectivity index (χ0v) is 10.6. The van der Waals surface area contributed by atoms with Crippen molar-refractivity contribution in [1.82, 2.24) is 5.32 Å². The number of rotatable bonds is 7. The van der Waals surface area contributed by atoms with Crippen LogP contribution in [-0.4, -0.2) is 30.3 Å². The van der Waals surface area contributed by atoms with Gasteiger partial charge in [0, 0.05) is 12.6 Å². The predicted molar refractivity (Wildman–Crippen MR) is 70.3 cm³/mol. The molecular formula is C13H20N2O3. The molecule has 1 rings (SSSR count). The normalized spacial score (nSPS) is 11.9. The minimum atomic E-state index is -0.210. The Labute approximate surface area is 107 Å². The van der Waals surface area contributed by atoms with Crippen molar-refractivity contribution < 1.29 is 14.6 Å². The number of nitrogens with one attached hydrogen (secondary N) is 1. The first-order valence-corrected chi connectivity index (χ1v) is 6.05. The Morgan fingerprint density at radius 1 is 1.50 bits per heavy atom. The molecule has 1 unspecified atom stereocenters. The van der Waals surface area contributed by atoms with Crippen LogP contribution in [0.3, 0.4) is 0 Å². The van der Waals surface area contributed by atoms with E-state index in [9.17, 15) is 4.79 Å². The van der Waals surface area contributed by atoms with E-state index in [0.29, 0.717) is 17.9 Å². The van der Waals surface area contributed by atoms with Crippen LogP contribution in [0.2, 0.25) is 0 Å². The molecule has 0 spiro atoms. The molecule has 5 heteroatoms. The van der Waals surface area contributed by atoms with Crippen LogP contribution in [-0.2, 0) is 4.79 Å². The number of anilines is 1. The molecule has 0 aliphatic heterocycles. The molecule has 0 bridgehead atoms. The lowest BCUT2D eigenvalue weighted by atomic mass is 10.1. The van der Waals surface area contributed by atoms with Gasteiger partial charge >= 0.3 is 0 Å². The van der Waals surface area contributed by atoms with Gasteiger partial charge in [0.25, 0.3) is 5.91 Å². The molecule has 0 fully saturated rings. The molecule has 0 saturated carbocycles. The van der Waals surface area contributed by atoms with Crippen LogP contribution in [0, 0.1) is 0 Å². The standard InChI is InChI=1S/C13H20N2O3/c1-2-10(7-8-16)15-13(17)9-18-12-6-4-3-5-11(12)14/h3-6,10,16H,2,7-9,14H2,1H3,(H,15,17). The number of carbonyl (C=O) groups excluding carboxylic acids is 1. The van der Waals surface area contributed by atoms with Gasteiger partial charge in [0.15, 0.2) is 6.61 Å². The van der Waals surface area contributed by atoms with Gasteiger partial charge < -0.3 is 20.9 Å². The summed E-state index contributed by atoms with van der Waals surface area (Å²) in [6, 6.07) is 7.02. The van der Waals surface area contributed by atoms with Crippen LogP contribution in [0.5, 0.6) is 5.75 Å². The summed E-state index contributed by atoms with van der Waals surface area (Å²) in [5, 5.41) is 11.6. The summed E-state index contributed by atoms with van der Waals surface area (Å²) in [6.07, 6.45) is 1.33. The largest absolute Gasteiger partial charge is 0.482 e. The lowest BCUT2D eigenvalue weighted by Crippen LogP contribution is -2.38. The molecule has 0 saturated heterocycles. The molecule has 0 aromatic heterocycles. The summed E-state index contributed by atoms with van der Waals surface area (Å²) < 4.78 is 5.32. The number of para-hydroxylation sites is 2. The molecule has 18 heavy (non-hydrogen) atoms. The van der Waals surface area contributed by atoms with E-state index >= 15 is 0 Å². The maximum absolute atomic E-state index is 11.6. The third-order valence-electron chi connectivity index (χ3n) is 2.61. The van der Waals surface area contributed by atoms with E-state index < -0.39 is 0 Å². The van der Waals surface area contributed by atoms with E-state index in [1.54, 1.807) is 24.3 Å². The molecule has 100 valence electrons. The van der Waals surface area contributed by atoms with Gasteiger partial charge in [0.05, 0.1) is 5.69 Å². The minimum Gasteiger partial charge on any atom is -0.482 e. The number of nitrogens with two attached hydrogens (primary N) is 1. The number of amides is 1. The van der Waals surface area contributed by atoms with Crippen LogP contribution in [0.4, 0.5) is 5.69 Å². The zero-order valence-electron chi connectivity index (χ0n) is 10.6. The average molecular weight is 252 g/mol. The zero-order chi connectivity index (χ0) is 13.4. The quantitative estimate of drug-likeness (QED) is 0.630. The molecule has 0 aliphatic rings. The Bertz CT molecular complexity index is 382. The smallest absolute Gasteiger partial charge is 0.258 e. The topological polar surface area (TPSA) is 84.6 Å². The van der Waals surface area contributed by atoms with Crippen LogP contribution < -0.4 is 15.8 Å². The summed E-state index contributed by atoms with van der Waals surface area (Å²) in [6.45, 7) is 1.94. The molecule has 0 radical (unpaired) electrons. The maximum atomic E-state index is 11.6. The number of ether oxygens (including phenoxy) is 1. The Hall–Kier alpha value is -1.75. The first-order valence-electron chi connectivity index (χ1n) is 6.05. The van der Waals surface area contributed by atoms with Gasteiger partial charge in [-0.25, -0.2) is 0 Å². The number of hydrogen-bond acceptors (Lipinski definition) is 4. The second-order valence-electron chi connectivity index (χ2n) is 4.01. The molecule has 1 aromatic carbocycles. The van der Waals surface area contributed by atoms with Crippen LogP contribution in [0.25, 0.3) is 0 Å². The first kappa shape index (κ1) is 14.3. The average Bonchev–Trinajstić information content (AvgIpc) is 2.37. The highest BCUT2D eigenvalue weighted by molar-refractivity contribution is 5.78. The fourth-order valence-electron chi connectivity index (χ4n) is 1.56. The van der Waals surface area contributed by atoms with Gasteiger partial charge in [-0.1, -0.05) is 19.1 Å². The molecule has 5 nitrogen and oxygen atoms in total. The molecule has 1 atom stereocenters. The minimum absolute atomic E-state index is 0.0146. The van der Waals surface area contributed by atoms with Gasteiger partial charge in [0.2, 0.25) is 0 Å². The van der Waals surface area contributed by atoms with Gasteiger partial charge in [-0.15, -0.1) is 0 Å². The molecule has 4 N–H and O–H groups in total. The van der Waals surface area contributed by atoms with E-state index in [4.69, 9.17) is 15.6 Å². The monoisotopic (exact) mass is 252 g/mol. The molecule has 0 aliphatic carbocycles. The van der Waals surface area contributed by atoms with Gasteiger partial charge in [-0.2, -0.15) is 0 Å². The predicted octanol–water partition coefficient (Wildman–Crippen LogP) is 0.925. The van der Waals surface area contributed by atoms with E-state index in [1.165, 1.54) is 0 Å². The lowest BCUT2D eigenvalue weighted by molar-refractivity contribution is -0.123. The third-order valence-corrected chi connectivity index (χ3v) is 2.61. The van der Waals surface area contributed by atoms with Crippen molar-refractivity contribution in [2.24, 2.45) is 0 Å². The van der Waals surface area contributed by atoms with Gasteiger partial charge in [-0.3, -0.25) is 4.79 Å². The lowest BCUT2D eigenvalue weighted by Gasteiger charge is -2.16. The number of aliphatic hydroxyl groups excluding tert-OH is 1. The Kier molecular flexibility index (Phi) is 6.00. The second-order valence-corrected chi connectivity index (χ2v) is 4.01. The van der Waals surface area contributed by atoms with Crippen molar-refractivity contribution in [3.05, 3.63) is 24.3 Å². The van der Waals surface area contributed by atoms with Crippen molar-refractivity contribution in [2.75, 3.05) is 18.9 Å². The summed E-state index contributed by atoms with van der Waals surface area (Å²) in [5.41, 5.74) is 6.20. The van der Waals surface area contributed by atoms with Gasteiger partial charge in [0.1, 0.15) is 5.75 Å². The van der Waals surface area contributed by atoms with Crippen molar-refractivity contribution in [3.63, 3.8) is 0 Å². The van der Waals surface area contributed by atoms with Crippen LogP contribution in [0.1, 0.15) is 19.8 Å². The van der Waals surface area contributed by atoms with Crippen LogP contribution >= 0.6 is 0 Å². The fourth-order valence-corrected chi connectivity index (χ4v) is 1.56. The Balaban J connectivity index is 2.39. The number of nitrogen functional groups attached to an aromatic ring is 1. The second kappa shape index (κ2) is 7.55. The number of aliphatic hydroxyl groups is 1. The van der Waals surface area contributed by atoms with Crippen molar-refractivity contribution >= 4 is 11.6 Å². The molecule has 0 heterocycles. The van der Waals surface area contributed by atoms with E-state index in [2.05, 4.69) is 5.32 Å². The van der Waals surface area contributed by atoms with Crippen molar-refractivity contribution in [1.29, 1.82) is 0 Å². The highest BCUT2D eigenvalue weighted by Crippen LogP contribution is 2.19. The summed E-state index contributed by atoms with van der Waals surface area (Å²) in [5.74, 6) is 0.293. The summed E-state index contributed by atoms with van der Waals surface area (Å²) in [7, 11) is 0. The molecular weight excluding hydrogens is 232 g/mol. The Morgan fingerprint density at radius 3 is 2.83 bits per heavy atom. The highest BCUT2D eigenvalue weighted by Gasteiger charge is 2.10. The van der Waals surface area contributed by atoms with E-state index in [1.807, 2.05) is 6.92 Å². The number of carbonyl (C=O) groups is 1. The summed E-state index contributed by atoms with van der Waals surface area (Å²) in [4.78, 5) is 11.6. The Morgan fingerprint density at radius 2 is 2.22 bits per heavy atom. The first-order chi connectivity index (χ1) is 8.67. The summed E-state index contributed by atoms with van der Waals surface area (Å²) >= 11 is 0.